The van der Waals surface area contributed by atoms with Gasteiger partial charge in [0.1, 0.15) is 11.6 Å². The third-order valence-corrected chi connectivity index (χ3v) is 4.34. The molecular formula is C14H20FN3O. The van der Waals surface area contributed by atoms with Gasteiger partial charge in [-0.2, -0.15) is 0 Å². The Morgan fingerprint density at radius 1 is 1.53 bits per heavy atom. The highest BCUT2D eigenvalue weighted by atomic mass is 19.1. The van der Waals surface area contributed by atoms with Gasteiger partial charge in [-0.15, -0.1) is 0 Å². The number of rotatable bonds is 3. The van der Waals surface area contributed by atoms with Crippen LogP contribution in [-0.2, 0) is 0 Å². The van der Waals surface area contributed by atoms with Crippen molar-refractivity contribution in [1.82, 2.24) is 9.88 Å². The summed E-state index contributed by atoms with van der Waals surface area (Å²) in [5.74, 6) is -0.654. The third-order valence-electron chi connectivity index (χ3n) is 4.34. The zero-order valence-electron chi connectivity index (χ0n) is 11.4. The Labute approximate surface area is 112 Å². The Hall–Kier alpha value is -1.65. The van der Waals surface area contributed by atoms with Crippen LogP contribution in [0.5, 0.6) is 0 Å². The van der Waals surface area contributed by atoms with E-state index >= 15 is 0 Å². The minimum atomic E-state index is -0.533. The van der Waals surface area contributed by atoms with Gasteiger partial charge in [0.2, 0.25) is 0 Å². The maximum absolute atomic E-state index is 13.2. The molecule has 0 unspecified atom stereocenters. The molecule has 2 N–H and O–H groups in total. The second-order valence-electron chi connectivity index (χ2n) is 5.27. The van der Waals surface area contributed by atoms with E-state index in [9.17, 15) is 9.18 Å². The number of aromatic nitrogens is 1. The Morgan fingerprint density at radius 3 is 2.79 bits per heavy atom. The number of halogens is 1. The zero-order chi connectivity index (χ0) is 14.0. The lowest BCUT2D eigenvalue weighted by Crippen LogP contribution is -2.32. The van der Waals surface area contributed by atoms with E-state index in [1.54, 1.807) is 4.90 Å². The lowest BCUT2D eigenvalue weighted by atomic mass is 9.82. The van der Waals surface area contributed by atoms with E-state index in [-0.39, 0.29) is 22.7 Å². The van der Waals surface area contributed by atoms with Crippen molar-refractivity contribution in [3.8, 4) is 0 Å². The van der Waals surface area contributed by atoms with E-state index in [0.717, 1.165) is 32.0 Å². The van der Waals surface area contributed by atoms with Crippen molar-refractivity contribution < 1.29 is 9.18 Å². The maximum Gasteiger partial charge on any atom is 0.257 e. The number of likely N-dealkylation sites (tertiary alicyclic amines) is 1. The van der Waals surface area contributed by atoms with Crippen molar-refractivity contribution in [3.63, 3.8) is 0 Å². The molecule has 5 heteroatoms. The summed E-state index contributed by atoms with van der Waals surface area (Å²) in [5, 5.41) is 0. The van der Waals surface area contributed by atoms with Crippen molar-refractivity contribution >= 4 is 11.7 Å². The van der Waals surface area contributed by atoms with Gasteiger partial charge in [0.25, 0.3) is 5.91 Å². The van der Waals surface area contributed by atoms with E-state index in [0.29, 0.717) is 6.54 Å². The lowest BCUT2D eigenvalue weighted by Gasteiger charge is -2.26. The minimum absolute atomic E-state index is 0.0943. The SMILES string of the molecule is CCC1(CC)CCN(C(=O)c2cc(F)cnc2N)C1. The predicted molar refractivity (Wildman–Crippen MR) is 72.1 cm³/mol. The average molecular weight is 265 g/mol. The molecule has 2 rings (SSSR count). The third kappa shape index (κ3) is 2.55. The topological polar surface area (TPSA) is 59.2 Å². The van der Waals surface area contributed by atoms with E-state index in [4.69, 9.17) is 5.73 Å². The number of amides is 1. The summed E-state index contributed by atoms with van der Waals surface area (Å²) < 4.78 is 13.2. The van der Waals surface area contributed by atoms with Crippen LogP contribution in [0.3, 0.4) is 0 Å². The van der Waals surface area contributed by atoms with Gasteiger partial charge in [0, 0.05) is 13.1 Å². The number of carbonyl (C=O) groups is 1. The molecule has 19 heavy (non-hydrogen) atoms. The average Bonchev–Trinajstić information content (AvgIpc) is 2.86. The largest absolute Gasteiger partial charge is 0.383 e. The van der Waals surface area contributed by atoms with Crippen LogP contribution in [0.1, 0.15) is 43.5 Å². The number of nitrogens with two attached hydrogens (primary N) is 1. The van der Waals surface area contributed by atoms with Gasteiger partial charge in [0.15, 0.2) is 0 Å². The normalized spacial score (nSPS) is 17.7. The van der Waals surface area contributed by atoms with E-state index in [1.165, 1.54) is 6.07 Å². The second-order valence-corrected chi connectivity index (χ2v) is 5.27. The van der Waals surface area contributed by atoms with Crippen LogP contribution in [0.25, 0.3) is 0 Å². The molecule has 1 saturated heterocycles. The fraction of sp³-hybridized carbons (Fsp3) is 0.571. The van der Waals surface area contributed by atoms with Crippen molar-refractivity contribution in [1.29, 1.82) is 0 Å². The smallest absolute Gasteiger partial charge is 0.257 e. The Kier molecular flexibility index (Phi) is 3.73. The molecule has 0 saturated carbocycles. The van der Waals surface area contributed by atoms with Gasteiger partial charge in [-0.25, -0.2) is 9.37 Å². The summed E-state index contributed by atoms with van der Waals surface area (Å²) >= 11 is 0. The quantitative estimate of drug-likeness (QED) is 0.913. The molecule has 0 aliphatic carbocycles. The monoisotopic (exact) mass is 265 g/mol. The minimum Gasteiger partial charge on any atom is -0.383 e. The number of carbonyl (C=O) groups excluding carboxylic acids is 1. The van der Waals surface area contributed by atoms with Crippen LogP contribution >= 0.6 is 0 Å². The number of anilines is 1. The van der Waals surface area contributed by atoms with Gasteiger partial charge in [-0.1, -0.05) is 13.8 Å². The molecule has 1 aromatic rings. The van der Waals surface area contributed by atoms with Crippen molar-refractivity contribution in [2.24, 2.45) is 5.41 Å². The maximum atomic E-state index is 13.2. The molecular weight excluding hydrogens is 245 g/mol. The summed E-state index contributed by atoms with van der Waals surface area (Å²) in [5.41, 5.74) is 6.03. The van der Waals surface area contributed by atoms with Crippen molar-refractivity contribution in [2.75, 3.05) is 18.8 Å². The molecule has 1 aliphatic heterocycles. The first-order valence-electron chi connectivity index (χ1n) is 6.71. The molecule has 104 valence electrons. The zero-order valence-corrected chi connectivity index (χ0v) is 11.4. The molecule has 0 radical (unpaired) electrons. The van der Waals surface area contributed by atoms with Crippen LogP contribution in [0, 0.1) is 11.2 Å². The Morgan fingerprint density at radius 2 is 2.21 bits per heavy atom. The first kappa shape index (κ1) is 13.8. The van der Waals surface area contributed by atoms with E-state index < -0.39 is 5.82 Å². The number of nitrogen functional groups attached to an aromatic ring is 1. The molecule has 1 aromatic heterocycles. The van der Waals surface area contributed by atoms with E-state index in [1.807, 2.05) is 0 Å². The van der Waals surface area contributed by atoms with Crippen LogP contribution in [0.4, 0.5) is 10.2 Å². The van der Waals surface area contributed by atoms with Gasteiger partial charge in [-0.3, -0.25) is 4.79 Å². The van der Waals surface area contributed by atoms with Gasteiger partial charge >= 0.3 is 0 Å². The first-order chi connectivity index (χ1) is 9.01. The highest BCUT2D eigenvalue weighted by Crippen LogP contribution is 2.37. The fourth-order valence-corrected chi connectivity index (χ4v) is 2.73. The summed E-state index contributed by atoms with van der Waals surface area (Å²) in [7, 11) is 0. The molecule has 4 nitrogen and oxygen atoms in total. The van der Waals surface area contributed by atoms with Crippen molar-refractivity contribution in [2.45, 2.75) is 33.1 Å². The van der Waals surface area contributed by atoms with Crippen molar-refractivity contribution in [3.05, 3.63) is 23.6 Å². The van der Waals surface area contributed by atoms with Gasteiger partial charge < -0.3 is 10.6 Å². The highest BCUT2D eigenvalue weighted by Gasteiger charge is 2.37. The van der Waals surface area contributed by atoms with Crippen LogP contribution in [0.15, 0.2) is 12.3 Å². The lowest BCUT2D eigenvalue weighted by molar-refractivity contribution is 0.0770. The summed E-state index contributed by atoms with van der Waals surface area (Å²) in [6.07, 6.45) is 4.11. The van der Waals surface area contributed by atoms with Gasteiger partial charge in [-0.05, 0) is 30.7 Å². The predicted octanol–water partition coefficient (Wildman–Crippen LogP) is 2.46. The molecule has 0 aromatic carbocycles. The molecule has 1 amide bonds. The molecule has 1 aliphatic rings. The van der Waals surface area contributed by atoms with Crippen LogP contribution in [-0.4, -0.2) is 28.9 Å². The summed E-state index contributed by atoms with van der Waals surface area (Å²) in [6.45, 7) is 5.72. The van der Waals surface area contributed by atoms with Crippen LogP contribution < -0.4 is 5.73 Å². The number of hydrogen-bond acceptors (Lipinski definition) is 3. The first-order valence-corrected chi connectivity index (χ1v) is 6.71. The Bertz CT molecular complexity index is 486. The second kappa shape index (κ2) is 5.15. The standard InChI is InChI=1S/C14H20FN3O/c1-3-14(4-2)5-6-18(9-14)13(19)11-7-10(15)8-17-12(11)16/h7-8H,3-6,9H2,1-2H3,(H2,16,17). The number of hydrogen-bond donors (Lipinski definition) is 1. The molecule has 0 bridgehead atoms. The molecule has 1 fully saturated rings. The fourth-order valence-electron chi connectivity index (χ4n) is 2.73. The summed E-state index contributed by atoms with van der Waals surface area (Å²) in [6, 6.07) is 1.17. The number of nitrogens with zero attached hydrogens (tertiary/aromatic N) is 2. The van der Waals surface area contributed by atoms with Crippen LogP contribution in [0.2, 0.25) is 0 Å². The summed E-state index contributed by atoms with van der Waals surface area (Å²) in [4.78, 5) is 17.8. The number of pyridine rings is 1. The van der Waals surface area contributed by atoms with Gasteiger partial charge in [0.05, 0.1) is 11.8 Å². The van der Waals surface area contributed by atoms with E-state index in [2.05, 4.69) is 18.8 Å². The molecule has 2 heterocycles. The Balaban J connectivity index is 2.20. The molecule has 0 spiro atoms. The highest BCUT2D eigenvalue weighted by molar-refractivity contribution is 5.98. The molecule has 0 atom stereocenters.